The third kappa shape index (κ3) is 4.69. The van der Waals surface area contributed by atoms with Crippen LogP contribution in [0.15, 0.2) is 24.3 Å². The summed E-state index contributed by atoms with van der Waals surface area (Å²) in [5.41, 5.74) is 1.09. The van der Waals surface area contributed by atoms with Crippen molar-refractivity contribution >= 4 is 17.5 Å². The Bertz CT molecular complexity index is 395. The SMILES string of the molecule is CC(C)CC(=O)NCC(C)(C)c1ccc(Cl)cc1. The first-order chi connectivity index (χ1) is 8.31. The molecule has 3 heteroatoms. The Hall–Kier alpha value is -1.02. The van der Waals surface area contributed by atoms with E-state index < -0.39 is 0 Å². The van der Waals surface area contributed by atoms with Gasteiger partial charge in [0.15, 0.2) is 0 Å². The highest BCUT2D eigenvalue weighted by Crippen LogP contribution is 2.23. The number of carbonyl (C=O) groups excluding carboxylic acids is 1. The summed E-state index contributed by atoms with van der Waals surface area (Å²) in [6.45, 7) is 8.96. The Morgan fingerprint density at radius 3 is 2.33 bits per heavy atom. The molecule has 1 N–H and O–H groups in total. The molecule has 0 fully saturated rings. The molecule has 0 aromatic heterocycles. The minimum Gasteiger partial charge on any atom is -0.355 e. The Balaban J connectivity index is 2.59. The van der Waals surface area contributed by atoms with E-state index >= 15 is 0 Å². The van der Waals surface area contributed by atoms with Crippen molar-refractivity contribution in [2.24, 2.45) is 5.92 Å². The van der Waals surface area contributed by atoms with E-state index in [-0.39, 0.29) is 11.3 Å². The predicted molar refractivity (Wildman–Crippen MR) is 76.9 cm³/mol. The minimum atomic E-state index is -0.0861. The largest absolute Gasteiger partial charge is 0.355 e. The number of carbonyl (C=O) groups is 1. The van der Waals surface area contributed by atoms with E-state index in [2.05, 4.69) is 19.2 Å². The van der Waals surface area contributed by atoms with Crippen LogP contribution in [0.25, 0.3) is 0 Å². The molecule has 0 atom stereocenters. The number of nitrogens with one attached hydrogen (secondary N) is 1. The monoisotopic (exact) mass is 267 g/mol. The molecule has 1 aromatic carbocycles. The smallest absolute Gasteiger partial charge is 0.220 e. The van der Waals surface area contributed by atoms with Crippen molar-refractivity contribution < 1.29 is 4.79 Å². The lowest BCUT2D eigenvalue weighted by atomic mass is 9.84. The lowest BCUT2D eigenvalue weighted by molar-refractivity contribution is -0.122. The Morgan fingerprint density at radius 1 is 1.28 bits per heavy atom. The molecule has 0 saturated carbocycles. The van der Waals surface area contributed by atoms with Gasteiger partial charge in [-0.25, -0.2) is 0 Å². The normalized spacial score (nSPS) is 11.7. The molecular weight excluding hydrogens is 246 g/mol. The third-order valence-electron chi connectivity index (χ3n) is 2.95. The molecule has 1 rings (SSSR count). The summed E-state index contributed by atoms with van der Waals surface area (Å²) in [5, 5.41) is 3.73. The number of hydrogen-bond acceptors (Lipinski definition) is 1. The maximum atomic E-state index is 11.7. The van der Waals surface area contributed by atoms with Crippen LogP contribution in [0.2, 0.25) is 5.02 Å². The van der Waals surface area contributed by atoms with Gasteiger partial charge in [-0.15, -0.1) is 0 Å². The average Bonchev–Trinajstić information content (AvgIpc) is 2.26. The molecule has 100 valence electrons. The first-order valence-corrected chi connectivity index (χ1v) is 6.72. The maximum absolute atomic E-state index is 11.7. The highest BCUT2D eigenvalue weighted by molar-refractivity contribution is 6.30. The maximum Gasteiger partial charge on any atom is 0.220 e. The van der Waals surface area contributed by atoms with E-state index in [1.54, 1.807) is 0 Å². The highest BCUT2D eigenvalue weighted by atomic mass is 35.5. The van der Waals surface area contributed by atoms with Gasteiger partial charge in [-0.1, -0.05) is 51.4 Å². The Morgan fingerprint density at radius 2 is 1.83 bits per heavy atom. The van der Waals surface area contributed by atoms with Crippen molar-refractivity contribution in [1.82, 2.24) is 5.32 Å². The first kappa shape index (κ1) is 15.0. The van der Waals surface area contributed by atoms with E-state index in [9.17, 15) is 4.79 Å². The number of halogens is 1. The van der Waals surface area contributed by atoms with Gasteiger partial charge in [-0.2, -0.15) is 0 Å². The zero-order chi connectivity index (χ0) is 13.8. The van der Waals surface area contributed by atoms with E-state index in [1.165, 1.54) is 5.56 Å². The number of benzene rings is 1. The predicted octanol–water partition coefficient (Wildman–Crippen LogP) is 3.78. The molecule has 0 aliphatic heterocycles. The van der Waals surface area contributed by atoms with Gasteiger partial charge in [0.2, 0.25) is 5.91 Å². The molecular formula is C15H22ClNO. The molecule has 0 bridgehead atoms. The van der Waals surface area contributed by atoms with Gasteiger partial charge in [0, 0.05) is 23.4 Å². The zero-order valence-corrected chi connectivity index (χ0v) is 12.3. The summed E-state index contributed by atoms with van der Waals surface area (Å²) in [4.78, 5) is 11.7. The quantitative estimate of drug-likeness (QED) is 0.864. The van der Waals surface area contributed by atoms with Crippen LogP contribution >= 0.6 is 11.6 Å². The van der Waals surface area contributed by atoms with Crippen LogP contribution in [-0.4, -0.2) is 12.5 Å². The van der Waals surface area contributed by atoms with Crippen LogP contribution in [-0.2, 0) is 10.2 Å². The number of hydrogen-bond donors (Lipinski definition) is 1. The van der Waals surface area contributed by atoms with Crippen molar-refractivity contribution in [2.75, 3.05) is 6.54 Å². The molecule has 0 radical (unpaired) electrons. The van der Waals surface area contributed by atoms with Crippen molar-refractivity contribution in [1.29, 1.82) is 0 Å². The zero-order valence-electron chi connectivity index (χ0n) is 11.6. The Kier molecular flexibility index (Phi) is 5.21. The molecule has 2 nitrogen and oxygen atoms in total. The first-order valence-electron chi connectivity index (χ1n) is 6.34. The summed E-state index contributed by atoms with van der Waals surface area (Å²) in [6, 6.07) is 7.79. The van der Waals surface area contributed by atoms with Gasteiger partial charge in [0.1, 0.15) is 0 Å². The second-order valence-electron chi connectivity index (χ2n) is 5.77. The van der Waals surface area contributed by atoms with Crippen molar-refractivity contribution in [3.05, 3.63) is 34.9 Å². The van der Waals surface area contributed by atoms with Crippen molar-refractivity contribution in [3.63, 3.8) is 0 Å². The summed E-state index contributed by atoms with van der Waals surface area (Å²) in [7, 11) is 0. The highest BCUT2D eigenvalue weighted by Gasteiger charge is 2.21. The van der Waals surface area contributed by atoms with Crippen LogP contribution in [0.3, 0.4) is 0 Å². The minimum absolute atomic E-state index is 0.0861. The van der Waals surface area contributed by atoms with Gasteiger partial charge >= 0.3 is 0 Å². The van der Waals surface area contributed by atoms with E-state index in [4.69, 9.17) is 11.6 Å². The lowest BCUT2D eigenvalue weighted by Gasteiger charge is -2.26. The summed E-state index contributed by atoms with van der Waals surface area (Å²) < 4.78 is 0. The van der Waals surface area contributed by atoms with E-state index in [0.29, 0.717) is 18.9 Å². The second kappa shape index (κ2) is 6.24. The van der Waals surface area contributed by atoms with Crippen molar-refractivity contribution in [3.8, 4) is 0 Å². The van der Waals surface area contributed by atoms with E-state index in [0.717, 1.165) is 5.02 Å². The fourth-order valence-corrected chi connectivity index (χ4v) is 1.89. The van der Waals surface area contributed by atoms with Gasteiger partial charge in [-0.05, 0) is 23.6 Å². The molecule has 1 amide bonds. The third-order valence-corrected chi connectivity index (χ3v) is 3.20. The van der Waals surface area contributed by atoms with Gasteiger partial charge in [0.25, 0.3) is 0 Å². The standard InChI is InChI=1S/C15H22ClNO/c1-11(2)9-14(18)17-10-15(3,4)12-5-7-13(16)8-6-12/h5-8,11H,9-10H2,1-4H3,(H,17,18). The second-order valence-corrected chi connectivity index (χ2v) is 6.20. The number of amides is 1. The van der Waals surface area contributed by atoms with E-state index in [1.807, 2.05) is 38.1 Å². The average molecular weight is 268 g/mol. The van der Waals surface area contributed by atoms with Crippen LogP contribution < -0.4 is 5.32 Å². The molecule has 0 saturated heterocycles. The van der Waals surface area contributed by atoms with Crippen molar-refractivity contribution in [2.45, 2.75) is 39.5 Å². The molecule has 1 aromatic rings. The van der Waals surface area contributed by atoms with Gasteiger partial charge in [-0.3, -0.25) is 4.79 Å². The lowest BCUT2D eigenvalue weighted by Crippen LogP contribution is -2.37. The topological polar surface area (TPSA) is 29.1 Å². The summed E-state index contributed by atoms with van der Waals surface area (Å²) >= 11 is 5.88. The van der Waals surface area contributed by atoms with Crippen LogP contribution in [0, 0.1) is 5.92 Å². The molecule has 18 heavy (non-hydrogen) atoms. The summed E-state index contributed by atoms with van der Waals surface area (Å²) in [5.74, 6) is 0.510. The molecule has 0 aliphatic carbocycles. The van der Waals surface area contributed by atoms with Gasteiger partial charge in [0.05, 0.1) is 0 Å². The molecule has 0 heterocycles. The Labute approximate surface area is 115 Å². The molecule has 0 spiro atoms. The van der Waals surface area contributed by atoms with Crippen LogP contribution in [0.5, 0.6) is 0 Å². The molecule has 0 aliphatic rings. The fraction of sp³-hybridized carbons (Fsp3) is 0.533. The van der Waals surface area contributed by atoms with Crippen LogP contribution in [0.4, 0.5) is 0 Å². The van der Waals surface area contributed by atoms with Gasteiger partial charge < -0.3 is 5.32 Å². The van der Waals surface area contributed by atoms with Crippen LogP contribution in [0.1, 0.15) is 39.7 Å². The fourth-order valence-electron chi connectivity index (χ4n) is 1.77. The summed E-state index contributed by atoms with van der Waals surface area (Å²) in [6.07, 6.45) is 0.580. The number of rotatable bonds is 5. The molecule has 0 unspecified atom stereocenters.